The molecule has 20 heavy (non-hydrogen) atoms. The minimum atomic E-state index is -4.72. The van der Waals surface area contributed by atoms with Crippen LogP contribution in [0.4, 0.5) is 13.2 Å². The van der Waals surface area contributed by atoms with Gasteiger partial charge in [0.25, 0.3) is 0 Å². The maximum absolute atomic E-state index is 13.0. The molecule has 4 nitrogen and oxygen atoms in total. The van der Waals surface area contributed by atoms with E-state index in [0.717, 1.165) is 6.07 Å². The molecule has 2 N–H and O–H groups in total. The molecule has 0 aromatic heterocycles. The van der Waals surface area contributed by atoms with E-state index in [4.69, 9.17) is 11.0 Å². The number of alkyl halides is 3. The van der Waals surface area contributed by atoms with Crippen molar-refractivity contribution in [2.45, 2.75) is 26.1 Å². The second-order valence-electron chi connectivity index (χ2n) is 3.97. The topological polar surface area (TPSA) is 76.1 Å². The van der Waals surface area contributed by atoms with E-state index in [0.29, 0.717) is 5.56 Å². The maximum atomic E-state index is 13.0. The smallest absolute Gasteiger partial charge is 0.417 e. The molecule has 0 amide bonds. The van der Waals surface area contributed by atoms with E-state index in [1.165, 1.54) is 12.1 Å². The molecule has 0 radical (unpaired) electrons. The minimum Gasteiger partial charge on any atom is -0.466 e. The third-order valence-electron chi connectivity index (χ3n) is 2.56. The van der Waals surface area contributed by atoms with E-state index < -0.39 is 29.7 Å². The number of carbonyl (C=O) groups excluding carboxylic acids is 1. The van der Waals surface area contributed by atoms with Crippen LogP contribution in [0.1, 0.15) is 29.2 Å². The Balaban J connectivity index is 3.38. The van der Waals surface area contributed by atoms with Gasteiger partial charge in [-0.25, -0.2) is 0 Å². The van der Waals surface area contributed by atoms with Crippen molar-refractivity contribution >= 4 is 5.97 Å². The Bertz CT molecular complexity index is 548. The van der Waals surface area contributed by atoms with Crippen LogP contribution < -0.4 is 5.73 Å². The van der Waals surface area contributed by atoms with E-state index in [1.54, 1.807) is 6.92 Å². The molecule has 0 saturated carbocycles. The van der Waals surface area contributed by atoms with Gasteiger partial charge >= 0.3 is 12.1 Å². The average molecular weight is 286 g/mol. The first kappa shape index (κ1) is 16.0. The van der Waals surface area contributed by atoms with Crippen LogP contribution in [0.25, 0.3) is 0 Å². The molecule has 7 heteroatoms. The fourth-order valence-electron chi connectivity index (χ4n) is 1.82. The summed E-state index contributed by atoms with van der Waals surface area (Å²) in [6.45, 7) is 1.60. The molecule has 0 saturated heterocycles. The highest BCUT2D eigenvalue weighted by atomic mass is 19.4. The van der Waals surface area contributed by atoms with Crippen molar-refractivity contribution in [3.05, 3.63) is 34.4 Å². The lowest BCUT2D eigenvalue weighted by molar-refractivity contribution is -0.143. The number of nitrogens with two attached hydrogens (primary N) is 1. The summed E-state index contributed by atoms with van der Waals surface area (Å²) < 4.78 is 43.7. The van der Waals surface area contributed by atoms with E-state index in [9.17, 15) is 18.0 Å². The predicted molar refractivity (Wildman–Crippen MR) is 64.4 cm³/mol. The second-order valence-corrected chi connectivity index (χ2v) is 3.97. The number of hydrogen-bond acceptors (Lipinski definition) is 4. The van der Waals surface area contributed by atoms with Crippen LogP contribution >= 0.6 is 0 Å². The number of nitrogens with zero attached hydrogens (tertiary/aromatic N) is 1. The minimum absolute atomic E-state index is 0.0252. The number of benzene rings is 1. The summed E-state index contributed by atoms with van der Waals surface area (Å²) in [6.07, 6.45) is -5.27. The van der Waals surface area contributed by atoms with Gasteiger partial charge < -0.3 is 10.5 Å². The number of halogens is 3. The summed E-state index contributed by atoms with van der Waals surface area (Å²) in [4.78, 5) is 11.4. The molecule has 1 aromatic rings. The highest BCUT2D eigenvalue weighted by molar-refractivity contribution is 5.73. The molecule has 0 bridgehead atoms. The SMILES string of the molecule is CCOC(=O)Cc1cc(CN)cc(C#N)c1C(F)(F)F. The zero-order valence-electron chi connectivity index (χ0n) is 10.8. The Morgan fingerprint density at radius 3 is 2.55 bits per heavy atom. The predicted octanol–water partition coefficient (Wildman–Crippen LogP) is 2.14. The lowest BCUT2D eigenvalue weighted by Crippen LogP contribution is -2.17. The van der Waals surface area contributed by atoms with E-state index in [1.807, 2.05) is 0 Å². The second kappa shape index (κ2) is 6.39. The van der Waals surface area contributed by atoms with Crippen LogP contribution in [0.3, 0.4) is 0 Å². The number of carbonyl (C=O) groups is 1. The van der Waals surface area contributed by atoms with Crippen molar-refractivity contribution in [1.82, 2.24) is 0 Å². The number of hydrogen-bond donors (Lipinski definition) is 1. The highest BCUT2D eigenvalue weighted by Gasteiger charge is 2.37. The lowest BCUT2D eigenvalue weighted by Gasteiger charge is -2.15. The van der Waals surface area contributed by atoms with Crippen LogP contribution in [-0.4, -0.2) is 12.6 Å². The van der Waals surface area contributed by atoms with Crippen molar-refractivity contribution in [2.75, 3.05) is 6.61 Å². The molecule has 0 heterocycles. The Hall–Kier alpha value is -2.07. The molecule has 0 atom stereocenters. The average Bonchev–Trinajstić information content (AvgIpc) is 2.36. The Labute approximate surface area is 113 Å². The molecule has 0 aliphatic carbocycles. The quantitative estimate of drug-likeness (QED) is 0.860. The first-order valence-electron chi connectivity index (χ1n) is 5.82. The molecular formula is C13H13F3N2O2. The summed E-state index contributed by atoms with van der Waals surface area (Å²) in [7, 11) is 0. The van der Waals surface area contributed by atoms with Gasteiger partial charge in [0.1, 0.15) is 0 Å². The third-order valence-corrected chi connectivity index (χ3v) is 2.56. The summed E-state index contributed by atoms with van der Waals surface area (Å²) in [5.74, 6) is -0.781. The van der Waals surface area contributed by atoms with Crippen molar-refractivity contribution in [3.8, 4) is 6.07 Å². The van der Waals surface area contributed by atoms with Crippen molar-refractivity contribution in [2.24, 2.45) is 5.73 Å². The van der Waals surface area contributed by atoms with Crippen molar-refractivity contribution in [1.29, 1.82) is 5.26 Å². The zero-order valence-corrected chi connectivity index (χ0v) is 10.8. The van der Waals surface area contributed by atoms with Crippen molar-refractivity contribution < 1.29 is 22.7 Å². The standard InChI is InChI=1S/C13H13F3N2O2/c1-2-20-11(19)5-9-3-8(6-17)4-10(7-18)12(9)13(14,15)16/h3-4H,2,5-6,17H2,1H3. The van der Waals surface area contributed by atoms with Gasteiger partial charge in [-0.05, 0) is 24.1 Å². The Kier molecular flexibility index (Phi) is 5.11. The number of nitriles is 1. The summed E-state index contributed by atoms with van der Waals surface area (Å²) in [6, 6.07) is 3.76. The van der Waals surface area contributed by atoms with E-state index >= 15 is 0 Å². The Morgan fingerprint density at radius 1 is 1.45 bits per heavy atom. The van der Waals surface area contributed by atoms with Crippen LogP contribution in [0.15, 0.2) is 12.1 Å². The fraction of sp³-hybridized carbons (Fsp3) is 0.385. The van der Waals surface area contributed by atoms with Gasteiger partial charge in [-0.2, -0.15) is 18.4 Å². The van der Waals surface area contributed by atoms with Crippen LogP contribution in [0.5, 0.6) is 0 Å². The van der Waals surface area contributed by atoms with Crippen molar-refractivity contribution in [3.63, 3.8) is 0 Å². The molecule has 1 aromatic carbocycles. The molecule has 1 rings (SSSR count). The number of rotatable bonds is 4. The largest absolute Gasteiger partial charge is 0.466 e. The van der Waals surface area contributed by atoms with Crippen LogP contribution in [-0.2, 0) is 28.7 Å². The molecule has 0 aliphatic heterocycles. The van der Waals surface area contributed by atoms with Gasteiger partial charge in [0.2, 0.25) is 0 Å². The molecule has 0 fully saturated rings. The molecule has 0 aliphatic rings. The zero-order chi connectivity index (χ0) is 15.3. The van der Waals surface area contributed by atoms with Crippen LogP contribution in [0, 0.1) is 11.3 Å². The maximum Gasteiger partial charge on any atom is 0.417 e. The monoisotopic (exact) mass is 286 g/mol. The fourth-order valence-corrected chi connectivity index (χ4v) is 1.82. The molecule has 108 valence electrons. The van der Waals surface area contributed by atoms with E-state index in [2.05, 4.69) is 4.74 Å². The van der Waals surface area contributed by atoms with Gasteiger partial charge in [0.05, 0.1) is 30.2 Å². The number of esters is 1. The van der Waals surface area contributed by atoms with Gasteiger partial charge in [-0.1, -0.05) is 6.07 Å². The molecule has 0 unspecified atom stereocenters. The Morgan fingerprint density at radius 2 is 2.10 bits per heavy atom. The molecule has 0 spiro atoms. The number of ether oxygens (including phenoxy) is 1. The first-order chi connectivity index (χ1) is 9.33. The summed E-state index contributed by atoms with van der Waals surface area (Å²) in [5.41, 5.74) is 3.80. The first-order valence-corrected chi connectivity index (χ1v) is 5.82. The lowest BCUT2D eigenvalue weighted by atomic mass is 9.95. The van der Waals surface area contributed by atoms with Crippen LogP contribution in [0.2, 0.25) is 0 Å². The molecular weight excluding hydrogens is 273 g/mol. The van der Waals surface area contributed by atoms with E-state index in [-0.39, 0.29) is 18.7 Å². The summed E-state index contributed by atoms with van der Waals surface area (Å²) in [5, 5.41) is 8.86. The van der Waals surface area contributed by atoms with Gasteiger partial charge in [0.15, 0.2) is 0 Å². The third kappa shape index (κ3) is 3.71. The highest BCUT2D eigenvalue weighted by Crippen LogP contribution is 2.35. The summed E-state index contributed by atoms with van der Waals surface area (Å²) >= 11 is 0. The normalized spacial score (nSPS) is 11.0. The van der Waals surface area contributed by atoms with Gasteiger partial charge in [-0.3, -0.25) is 4.79 Å². The van der Waals surface area contributed by atoms with Gasteiger partial charge in [-0.15, -0.1) is 0 Å². The van der Waals surface area contributed by atoms with Gasteiger partial charge in [0, 0.05) is 6.54 Å².